The van der Waals surface area contributed by atoms with E-state index in [-0.39, 0.29) is 46.3 Å². The number of rotatable bonds is 0. The molecular formula is C6CoN6Na-5. The summed E-state index contributed by atoms with van der Waals surface area (Å²) in [5, 5.41) is 37.5. The minimum atomic E-state index is 0. The van der Waals surface area contributed by atoms with Gasteiger partial charge in [0.05, 0.1) is 0 Å². The second-order valence-corrected chi connectivity index (χ2v) is 0. The Morgan fingerprint density at radius 3 is 0.357 bits per heavy atom. The molecule has 6 nitrogen and oxygen atoms in total. The fourth-order valence-corrected chi connectivity index (χ4v) is 0. The molecule has 0 fully saturated rings. The van der Waals surface area contributed by atoms with E-state index in [9.17, 15) is 0 Å². The molecular weight excluding hydrogens is 238 g/mol. The molecule has 0 unspecified atom stereocenters. The molecule has 8 heteroatoms. The Morgan fingerprint density at radius 2 is 0.357 bits per heavy atom. The summed E-state index contributed by atoms with van der Waals surface area (Å²) < 4.78 is 0. The van der Waals surface area contributed by atoms with Gasteiger partial charge in [0.1, 0.15) is 0 Å². The number of hydrogen-bond donors (Lipinski definition) is 0. The van der Waals surface area contributed by atoms with Gasteiger partial charge in [-0.3, -0.25) is 0 Å². The Balaban J connectivity index is -0.00000000500. The molecule has 0 rings (SSSR count). The average molecular weight is 238 g/mol. The van der Waals surface area contributed by atoms with Crippen molar-refractivity contribution in [2.75, 3.05) is 0 Å². The molecule has 0 aromatic carbocycles. The first-order chi connectivity index (χ1) is 6.00. The smallest absolute Gasteiger partial charge is 0.512 e. The normalized spacial score (nSPS) is 0.857. The summed E-state index contributed by atoms with van der Waals surface area (Å²) >= 11 is 0. The van der Waals surface area contributed by atoms with Crippen LogP contribution in [0.15, 0.2) is 0 Å². The summed E-state index contributed by atoms with van der Waals surface area (Å²) in [5.41, 5.74) is 0. The summed E-state index contributed by atoms with van der Waals surface area (Å²) in [6.45, 7) is 28.5. The molecule has 1 radical (unpaired) electrons. The maximum Gasteiger partial charge on any atom is 1.00 e. The van der Waals surface area contributed by atoms with Crippen LogP contribution in [0.1, 0.15) is 0 Å². The second-order valence-electron chi connectivity index (χ2n) is 0. The largest absolute Gasteiger partial charge is 1.00 e. The molecule has 0 bridgehead atoms. The van der Waals surface area contributed by atoms with Crippen molar-refractivity contribution in [1.29, 1.82) is 31.6 Å². The van der Waals surface area contributed by atoms with Gasteiger partial charge in [-0.25, -0.2) is 0 Å². The summed E-state index contributed by atoms with van der Waals surface area (Å²) in [6, 6.07) is 0. The van der Waals surface area contributed by atoms with Gasteiger partial charge in [0, 0.05) is 16.8 Å². The van der Waals surface area contributed by atoms with E-state index in [1.54, 1.807) is 0 Å². The third-order valence-corrected chi connectivity index (χ3v) is 0. The summed E-state index contributed by atoms with van der Waals surface area (Å²) in [6.07, 6.45) is 0. The zero-order valence-corrected chi connectivity index (χ0v) is 10.1. The standard InChI is InChI=1S/6CN.Co.Na/c6*1-2;;/q6*-1;;+1. The fourth-order valence-electron chi connectivity index (χ4n) is 0. The Hall–Kier alpha value is -1.55. The molecule has 0 aromatic rings. The van der Waals surface area contributed by atoms with Crippen LogP contribution < -0.4 is 29.6 Å². The molecule has 0 aromatic heterocycles. The van der Waals surface area contributed by atoms with Crippen molar-refractivity contribution in [1.82, 2.24) is 0 Å². The van der Waals surface area contributed by atoms with Crippen molar-refractivity contribution in [3.05, 3.63) is 39.4 Å². The molecule has 0 aliphatic rings. The van der Waals surface area contributed by atoms with Crippen molar-refractivity contribution < 1.29 is 46.3 Å². The SMILES string of the molecule is [C-]#N.[C-]#N.[C-]#N.[C-]#N.[C-]#N.[C-]#N.[Co].[Na+]. The van der Waals surface area contributed by atoms with Crippen LogP contribution in [-0.4, -0.2) is 0 Å². The molecule has 0 N–H and O–H groups in total. The van der Waals surface area contributed by atoms with Crippen LogP contribution in [0, 0.1) is 71.0 Å². The first-order valence-electron chi connectivity index (χ1n) is 1.34. The average Bonchev–Trinajstić information content (AvgIpc) is 2.33. The maximum atomic E-state index is 6.25. The van der Waals surface area contributed by atoms with E-state index in [4.69, 9.17) is 71.0 Å². The molecule has 0 spiro atoms. The maximum absolute atomic E-state index is 6.25. The van der Waals surface area contributed by atoms with Crippen molar-refractivity contribution in [3.8, 4) is 0 Å². The predicted octanol–water partition coefficient (Wildman–Crippen LogP) is -2.42. The van der Waals surface area contributed by atoms with Gasteiger partial charge in [-0.15, -0.1) is 0 Å². The summed E-state index contributed by atoms with van der Waals surface area (Å²) in [5.74, 6) is 0. The summed E-state index contributed by atoms with van der Waals surface area (Å²) in [4.78, 5) is 0. The van der Waals surface area contributed by atoms with Gasteiger partial charge >= 0.3 is 29.6 Å². The Kier molecular flexibility index (Phi) is 3050. The van der Waals surface area contributed by atoms with Crippen molar-refractivity contribution in [2.24, 2.45) is 0 Å². The predicted molar refractivity (Wildman–Crippen MR) is 29.8 cm³/mol. The van der Waals surface area contributed by atoms with Crippen molar-refractivity contribution in [3.63, 3.8) is 0 Å². The first kappa shape index (κ1) is 82.5. The quantitative estimate of drug-likeness (QED) is 0.339. The van der Waals surface area contributed by atoms with E-state index in [1.165, 1.54) is 0 Å². The second kappa shape index (κ2) is 518. The van der Waals surface area contributed by atoms with E-state index in [1.807, 2.05) is 0 Å². The van der Waals surface area contributed by atoms with Crippen LogP contribution in [0.3, 0.4) is 0 Å². The van der Waals surface area contributed by atoms with Crippen molar-refractivity contribution >= 4 is 0 Å². The molecule has 0 aliphatic heterocycles. The van der Waals surface area contributed by atoms with E-state index in [0.717, 1.165) is 0 Å². The van der Waals surface area contributed by atoms with Gasteiger partial charge in [0.2, 0.25) is 0 Å². The zero-order chi connectivity index (χ0) is 12.0. The third-order valence-electron chi connectivity index (χ3n) is 0. The molecule has 0 atom stereocenters. The number of hydrogen-bond acceptors (Lipinski definition) is 6. The zero-order valence-electron chi connectivity index (χ0n) is 7.02. The van der Waals surface area contributed by atoms with Crippen LogP contribution >= 0.6 is 0 Å². The van der Waals surface area contributed by atoms with Gasteiger partial charge in [-0.05, 0) is 0 Å². The minimum absolute atomic E-state index is 0. The molecule has 0 saturated carbocycles. The Bertz CT molecular complexity index is 97.3. The summed E-state index contributed by atoms with van der Waals surface area (Å²) in [7, 11) is 0. The topological polar surface area (TPSA) is 143 Å². The van der Waals surface area contributed by atoms with Gasteiger partial charge < -0.3 is 71.0 Å². The Morgan fingerprint density at radius 1 is 0.357 bits per heavy atom. The molecule has 14 heavy (non-hydrogen) atoms. The molecule has 69 valence electrons. The fraction of sp³-hybridized carbons (Fsp3) is 0. The van der Waals surface area contributed by atoms with E-state index in [2.05, 4.69) is 0 Å². The third kappa shape index (κ3) is 386. The Labute approximate surface area is 117 Å². The minimum Gasteiger partial charge on any atom is -0.512 e. The van der Waals surface area contributed by atoms with Crippen LogP contribution in [-0.2, 0) is 16.8 Å². The van der Waals surface area contributed by atoms with E-state index >= 15 is 0 Å². The molecule has 0 amide bonds. The monoisotopic (exact) mass is 238 g/mol. The van der Waals surface area contributed by atoms with Gasteiger partial charge in [-0.2, -0.15) is 0 Å². The van der Waals surface area contributed by atoms with Crippen molar-refractivity contribution in [2.45, 2.75) is 0 Å². The molecule has 0 aliphatic carbocycles. The van der Waals surface area contributed by atoms with Gasteiger partial charge in [0.15, 0.2) is 0 Å². The van der Waals surface area contributed by atoms with Gasteiger partial charge in [-0.1, -0.05) is 0 Å². The van der Waals surface area contributed by atoms with E-state index in [0.29, 0.717) is 0 Å². The van der Waals surface area contributed by atoms with Crippen LogP contribution in [0.4, 0.5) is 0 Å². The van der Waals surface area contributed by atoms with Crippen LogP contribution in [0.5, 0.6) is 0 Å². The van der Waals surface area contributed by atoms with Crippen LogP contribution in [0.2, 0.25) is 0 Å². The van der Waals surface area contributed by atoms with E-state index < -0.39 is 0 Å². The molecule has 0 saturated heterocycles. The number of nitrogens with zero attached hydrogens (tertiary/aromatic N) is 6. The van der Waals surface area contributed by atoms with Crippen LogP contribution in [0.25, 0.3) is 0 Å². The first-order valence-corrected chi connectivity index (χ1v) is 1.34. The van der Waals surface area contributed by atoms with Gasteiger partial charge in [0.25, 0.3) is 0 Å². The molecule has 0 heterocycles.